The summed E-state index contributed by atoms with van der Waals surface area (Å²) in [6, 6.07) is 0.419. The maximum atomic E-state index is 6.36. The third-order valence-corrected chi connectivity index (χ3v) is 4.31. The summed E-state index contributed by atoms with van der Waals surface area (Å²) in [5.74, 6) is 2.83. The van der Waals surface area contributed by atoms with Gasteiger partial charge >= 0.3 is 0 Å². The van der Waals surface area contributed by atoms with E-state index in [1.807, 2.05) is 0 Å². The number of hydrogen-bond acceptors (Lipinski definition) is 2. The van der Waals surface area contributed by atoms with Gasteiger partial charge in [-0.25, -0.2) is 4.98 Å². The molecule has 2 N–H and O–H groups in total. The molecule has 0 aromatic carbocycles. The van der Waals surface area contributed by atoms with Gasteiger partial charge in [0.2, 0.25) is 0 Å². The second kappa shape index (κ2) is 6.44. The normalized spacial score (nSPS) is 16.6. The fraction of sp³-hybridized carbons (Fsp3) is 0.812. The van der Waals surface area contributed by atoms with Crippen molar-refractivity contribution in [2.75, 3.05) is 5.73 Å². The minimum absolute atomic E-state index is 0.419. The zero-order valence-corrected chi connectivity index (χ0v) is 12.8. The van der Waals surface area contributed by atoms with Crippen molar-refractivity contribution in [1.82, 2.24) is 9.55 Å². The van der Waals surface area contributed by atoms with Crippen LogP contribution < -0.4 is 5.73 Å². The first-order valence-corrected chi connectivity index (χ1v) is 8.01. The number of aryl methyl sites for hydroxylation is 1. The molecular weight excluding hydrogens is 234 g/mol. The van der Waals surface area contributed by atoms with Crippen LogP contribution in [0.5, 0.6) is 0 Å². The quantitative estimate of drug-likeness (QED) is 0.771. The molecule has 1 aromatic heterocycles. The van der Waals surface area contributed by atoms with Crippen molar-refractivity contribution >= 4 is 5.82 Å². The molecule has 3 nitrogen and oxygen atoms in total. The van der Waals surface area contributed by atoms with Crippen LogP contribution in [0.4, 0.5) is 5.82 Å². The molecular formula is C16H29N3. The number of nitrogens with zero attached hydrogens (tertiary/aromatic N) is 2. The minimum Gasteiger partial charge on any atom is -0.384 e. The highest BCUT2D eigenvalue weighted by Crippen LogP contribution is 2.36. The first-order chi connectivity index (χ1) is 9.15. The first kappa shape index (κ1) is 14.4. The van der Waals surface area contributed by atoms with Gasteiger partial charge in [-0.3, -0.25) is 0 Å². The summed E-state index contributed by atoms with van der Waals surface area (Å²) in [5, 5.41) is 0. The van der Waals surface area contributed by atoms with Crippen LogP contribution in [-0.4, -0.2) is 9.55 Å². The van der Waals surface area contributed by atoms with E-state index < -0.39 is 0 Å². The Bertz CT molecular complexity index is 400. The number of nitrogen functional groups attached to an aromatic ring is 1. The summed E-state index contributed by atoms with van der Waals surface area (Å²) in [5.41, 5.74) is 7.50. The molecule has 0 saturated heterocycles. The standard InChI is InChI=1S/C16H29N3/c1-4-5-6-11-14-15(17)19(12(2)3)16(18-14)13-9-7-8-10-13/h12-13H,4-11,17H2,1-3H3. The molecule has 0 aliphatic heterocycles. The Labute approximate surface area is 117 Å². The van der Waals surface area contributed by atoms with Gasteiger partial charge in [-0.2, -0.15) is 0 Å². The molecule has 1 fully saturated rings. The van der Waals surface area contributed by atoms with Crippen LogP contribution in [0.15, 0.2) is 0 Å². The third kappa shape index (κ3) is 3.13. The van der Waals surface area contributed by atoms with E-state index in [1.165, 1.54) is 50.8 Å². The predicted octanol–water partition coefficient (Wildman–Crippen LogP) is 4.44. The van der Waals surface area contributed by atoms with Crippen molar-refractivity contribution in [3.05, 3.63) is 11.5 Å². The minimum atomic E-state index is 0.419. The van der Waals surface area contributed by atoms with Gasteiger partial charge in [0.15, 0.2) is 0 Å². The molecule has 0 spiro atoms. The van der Waals surface area contributed by atoms with E-state index >= 15 is 0 Å². The van der Waals surface area contributed by atoms with E-state index in [4.69, 9.17) is 10.7 Å². The highest BCUT2D eigenvalue weighted by Gasteiger charge is 2.26. The number of aromatic nitrogens is 2. The molecule has 0 unspecified atom stereocenters. The number of imidazole rings is 1. The zero-order valence-electron chi connectivity index (χ0n) is 12.8. The summed E-state index contributed by atoms with van der Waals surface area (Å²) < 4.78 is 2.29. The Morgan fingerprint density at radius 3 is 2.53 bits per heavy atom. The van der Waals surface area contributed by atoms with Gasteiger partial charge in [-0.1, -0.05) is 32.6 Å². The number of nitrogens with two attached hydrogens (primary N) is 1. The van der Waals surface area contributed by atoms with Crippen LogP contribution in [0.25, 0.3) is 0 Å². The second-order valence-electron chi connectivity index (χ2n) is 6.20. The molecule has 0 bridgehead atoms. The van der Waals surface area contributed by atoms with Gasteiger partial charge in [0.1, 0.15) is 11.6 Å². The fourth-order valence-electron chi connectivity index (χ4n) is 3.25. The van der Waals surface area contributed by atoms with Crippen LogP contribution in [0.2, 0.25) is 0 Å². The molecule has 0 atom stereocenters. The molecule has 0 radical (unpaired) electrons. The lowest BCUT2D eigenvalue weighted by molar-refractivity contribution is 0.534. The van der Waals surface area contributed by atoms with Gasteiger partial charge in [0.25, 0.3) is 0 Å². The van der Waals surface area contributed by atoms with Crippen molar-refractivity contribution < 1.29 is 0 Å². The van der Waals surface area contributed by atoms with Gasteiger partial charge in [0, 0.05) is 12.0 Å². The lowest BCUT2D eigenvalue weighted by Crippen LogP contribution is -2.12. The number of hydrogen-bond donors (Lipinski definition) is 1. The lowest BCUT2D eigenvalue weighted by Gasteiger charge is -2.17. The lowest BCUT2D eigenvalue weighted by atomic mass is 10.1. The number of rotatable bonds is 6. The van der Waals surface area contributed by atoms with Gasteiger partial charge < -0.3 is 10.3 Å². The predicted molar refractivity (Wildman–Crippen MR) is 81.5 cm³/mol. The SMILES string of the molecule is CCCCCc1nc(C2CCCC2)n(C(C)C)c1N. The Morgan fingerprint density at radius 2 is 1.95 bits per heavy atom. The van der Waals surface area contributed by atoms with Gasteiger partial charge in [0.05, 0.1) is 5.69 Å². The highest BCUT2D eigenvalue weighted by molar-refractivity contribution is 5.40. The Balaban J connectivity index is 2.22. The Kier molecular flexibility index (Phi) is 4.89. The molecule has 3 heteroatoms. The summed E-state index contributed by atoms with van der Waals surface area (Å²) in [6.45, 7) is 6.67. The monoisotopic (exact) mass is 263 g/mol. The zero-order chi connectivity index (χ0) is 13.8. The third-order valence-electron chi connectivity index (χ3n) is 4.31. The molecule has 1 aromatic rings. The van der Waals surface area contributed by atoms with E-state index in [2.05, 4.69) is 25.3 Å². The summed E-state index contributed by atoms with van der Waals surface area (Å²) in [7, 11) is 0. The highest BCUT2D eigenvalue weighted by atomic mass is 15.2. The van der Waals surface area contributed by atoms with E-state index in [9.17, 15) is 0 Å². The van der Waals surface area contributed by atoms with Crippen molar-refractivity contribution in [2.24, 2.45) is 0 Å². The molecule has 19 heavy (non-hydrogen) atoms. The van der Waals surface area contributed by atoms with Crippen molar-refractivity contribution in [3.8, 4) is 0 Å². The van der Waals surface area contributed by atoms with Gasteiger partial charge in [-0.05, 0) is 39.5 Å². The Hall–Kier alpha value is -0.990. The molecule has 108 valence electrons. The van der Waals surface area contributed by atoms with Crippen LogP contribution in [0.1, 0.15) is 89.2 Å². The summed E-state index contributed by atoms with van der Waals surface area (Å²) >= 11 is 0. The second-order valence-corrected chi connectivity index (χ2v) is 6.20. The average molecular weight is 263 g/mol. The van der Waals surface area contributed by atoms with Crippen LogP contribution in [-0.2, 0) is 6.42 Å². The maximum Gasteiger partial charge on any atom is 0.127 e. The van der Waals surface area contributed by atoms with Crippen molar-refractivity contribution in [2.45, 2.75) is 84.1 Å². The maximum absolute atomic E-state index is 6.36. The first-order valence-electron chi connectivity index (χ1n) is 8.01. The van der Waals surface area contributed by atoms with E-state index in [1.54, 1.807) is 0 Å². The van der Waals surface area contributed by atoms with E-state index in [-0.39, 0.29) is 0 Å². The molecule has 2 rings (SSSR count). The number of unbranched alkanes of at least 4 members (excludes halogenated alkanes) is 2. The molecule has 1 saturated carbocycles. The Morgan fingerprint density at radius 1 is 1.26 bits per heavy atom. The smallest absolute Gasteiger partial charge is 0.127 e. The molecule has 1 aliphatic rings. The largest absolute Gasteiger partial charge is 0.384 e. The van der Waals surface area contributed by atoms with Crippen LogP contribution in [0.3, 0.4) is 0 Å². The van der Waals surface area contributed by atoms with Crippen LogP contribution >= 0.6 is 0 Å². The van der Waals surface area contributed by atoms with Crippen LogP contribution in [0, 0.1) is 0 Å². The summed E-state index contributed by atoms with van der Waals surface area (Å²) in [6.07, 6.45) is 10.0. The number of anilines is 1. The van der Waals surface area contributed by atoms with Gasteiger partial charge in [-0.15, -0.1) is 0 Å². The molecule has 0 amide bonds. The topological polar surface area (TPSA) is 43.8 Å². The van der Waals surface area contributed by atoms with E-state index in [0.29, 0.717) is 12.0 Å². The van der Waals surface area contributed by atoms with Crippen molar-refractivity contribution in [1.29, 1.82) is 0 Å². The van der Waals surface area contributed by atoms with E-state index in [0.717, 1.165) is 17.9 Å². The van der Waals surface area contributed by atoms with Crippen molar-refractivity contribution in [3.63, 3.8) is 0 Å². The fourth-order valence-corrected chi connectivity index (χ4v) is 3.25. The summed E-state index contributed by atoms with van der Waals surface area (Å²) in [4.78, 5) is 4.92. The molecule has 1 aliphatic carbocycles. The average Bonchev–Trinajstić information content (AvgIpc) is 2.97. The molecule has 1 heterocycles.